The Balaban J connectivity index is 1.85. The summed E-state index contributed by atoms with van der Waals surface area (Å²) in [6.07, 6.45) is 2.86. The van der Waals surface area contributed by atoms with Gasteiger partial charge in [0.2, 0.25) is 0 Å². The van der Waals surface area contributed by atoms with Crippen LogP contribution in [0.1, 0.15) is 94.4 Å². The van der Waals surface area contributed by atoms with Crippen molar-refractivity contribution in [2.75, 3.05) is 5.32 Å². The van der Waals surface area contributed by atoms with Crippen molar-refractivity contribution in [1.82, 2.24) is 15.0 Å². The van der Waals surface area contributed by atoms with Crippen molar-refractivity contribution in [1.29, 1.82) is 5.26 Å². The Kier molecular flexibility index (Phi) is 6.99. The molecule has 1 amide bonds. The third-order valence-electron chi connectivity index (χ3n) is 7.38. The number of hydrogen-bond acceptors (Lipinski definition) is 6. The first kappa shape index (κ1) is 28.2. The van der Waals surface area contributed by atoms with Crippen molar-refractivity contribution in [3.05, 3.63) is 46.7 Å². The van der Waals surface area contributed by atoms with Crippen LogP contribution in [-0.2, 0) is 4.74 Å². The number of nitrogens with zero attached hydrogens (tertiary/aromatic N) is 3. The number of allylic oxidation sites excluding steroid dienone is 1. The molecule has 2 unspecified atom stereocenters. The number of hydrogen-bond donors (Lipinski definition) is 3. The fourth-order valence-corrected chi connectivity index (χ4v) is 6.03. The lowest BCUT2D eigenvalue weighted by molar-refractivity contribution is -0.162. The molecule has 0 bridgehead atoms. The quantitative estimate of drug-likeness (QED) is 0.545. The van der Waals surface area contributed by atoms with E-state index in [1.165, 1.54) is 6.20 Å². The summed E-state index contributed by atoms with van der Waals surface area (Å²) in [5.74, 6) is -1.19. The van der Waals surface area contributed by atoms with Crippen molar-refractivity contribution in [3.8, 4) is 6.07 Å². The zero-order valence-electron chi connectivity index (χ0n) is 22.8. The van der Waals surface area contributed by atoms with Gasteiger partial charge in [-0.3, -0.25) is 9.78 Å². The van der Waals surface area contributed by atoms with Crippen LogP contribution in [0.5, 0.6) is 0 Å². The molecule has 0 saturated carbocycles. The number of pyridine rings is 1. The molecule has 0 spiro atoms. The van der Waals surface area contributed by atoms with Crippen LogP contribution in [0.4, 0.5) is 5.69 Å². The summed E-state index contributed by atoms with van der Waals surface area (Å²) in [6, 6.07) is 5.48. The molecule has 1 saturated heterocycles. The zero-order chi connectivity index (χ0) is 28.3. The second kappa shape index (κ2) is 9.42. The molecule has 2 aromatic rings. The van der Waals surface area contributed by atoms with Gasteiger partial charge in [0.15, 0.2) is 5.82 Å². The number of imidazole rings is 1. The molecule has 192 valence electrons. The minimum atomic E-state index is -1.85. The Bertz CT molecular complexity index is 1320. The third kappa shape index (κ3) is 5.48. The highest BCUT2D eigenvalue weighted by atomic mass is 16.5. The molecular weight excluding hydrogens is 475 g/mol. The van der Waals surface area contributed by atoms with E-state index >= 15 is 0 Å². The molecule has 2 aromatic heterocycles. The largest absolute Gasteiger partial charge is 0.395 e. The fourth-order valence-electron chi connectivity index (χ4n) is 6.03. The van der Waals surface area contributed by atoms with Gasteiger partial charge in [0.05, 0.1) is 36.6 Å². The van der Waals surface area contributed by atoms with E-state index < -0.39 is 22.6 Å². The average Bonchev–Trinajstić information content (AvgIpc) is 3.25. The summed E-state index contributed by atoms with van der Waals surface area (Å²) >= 11 is 0. The summed E-state index contributed by atoms with van der Waals surface area (Å²) in [4.78, 5) is 24.6. The van der Waals surface area contributed by atoms with E-state index in [0.29, 0.717) is 0 Å². The molecule has 6 radical (unpaired) electrons. The average molecular weight is 507 g/mol. The molecule has 0 aromatic carbocycles. The predicted molar refractivity (Wildman–Crippen MR) is 148 cm³/mol. The van der Waals surface area contributed by atoms with Gasteiger partial charge in [0.1, 0.15) is 27.5 Å². The van der Waals surface area contributed by atoms with Gasteiger partial charge in [-0.25, -0.2) is 4.98 Å². The molecule has 3 heterocycles. The number of amides is 1. The minimum absolute atomic E-state index is 0.0434. The van der Waals surface area contributed by atoms with Crippen LogP contribution < -0.4 is 5.32 Å². The number of rotatable bonds is 4. The van der Waals surface area contributed by atoms with E-state index in [1.54, 1.807) is 6.07 Å². The van der Waals surface area contributed by atoms with Crippen molar-refractivity contribution >= 4 is 40.7 Å². The molecule has 8 nitrogen and oxygen atoms in total. The van der Waals surface area contributed by atoms with E-state index in [1.807, 2.05) is 26.0 Å². The zero-order valence-corrected chi connectivity index (χ0v) is 22.8. The van der Waals surface area contributed by atoms with Crippen LogP contribution in [0.2, 0.25) is 5.82 Å². The predicted octanol–water partition coefficient (Wildman–Crippen LogP) is 3.50. The van der Waals surface area contributed by atoms with Gasteiger partial charge >= 0.3 is 0 Å². The van der Waals surface area contributed by atoms with Gasteiger partial charge in [-0.1, -0.05) is 19.7 Å². The standard InChI is InChI=1S/C27H32B3N5O3/c1-24(2)13-27(30,37)18(19(28)21(24)29)20-17(35-23(36)22-32-12-15(11-31)33-22)8-7-16(34-20)14-9-25(3,4)38-26(5,6)10-14/h7-8,12,14,21,37H,9-10,13H2,1-6H3,(H,32,33)(H,35,36). The molecule has 1 aliphatic heterocycles. The van der Waals surface area contributed by atoms with Gasteiger partial charge in [-0.05, 0) is 70.1 Å². The molecule has 1 fully saturated rings. The number of H-pyrrole nitrogens is 1. The van der Waals surface area contributed by atoms with E-state index in [0.717, 1.165) is 18.5 Å². The Morgan fingerprint density at radius 2 is 1.84 bits per heavy atom. The van der Waals surface area contributed by atoms with Gasteiger partial charge < -0.3 is 20.1 Å². The number of anilines is 1. The maximum absolute atomic E-state index is 13.0. The number of nitrogens with one attached hydrogen (secondary N) is 2. The lowest BCUT2D eigenvalue weighted by Crippen LogP contribution is -2.45. The highest BCUT2D eigenvalue weighted by Gasteiger charge is 2.45. The summed E-state index contributed by atoms with van der Waals surface area (Å²) in [5.41, 5.74) is -1.32. The number of carbonyl (C=O) groups excluding carboxylic acids is 1. The summed E-state index contributed by atoms with van der Waals surface area (Å²) < 4.78 is 6.26. The van der Waals surface area contributed by atoms with Crippen molar-refractivity contribution in [2.45, 2.75) is 89.2 Å². The van der Waals surface area contributed by atoms with E-state index in [-0.39, 0.29) is 57.5 Å². The van der Waals surface area contributed by atoms with Crippen LogP contribution in [0.3, 0.4) is 0 Å². The van der Waals surface area contributed by atoms with Gasteiger partial charge in [-0.15, -0.1) is 5.47 Å². The maximum Gasteiger partial charge on any atom is 0.291 e. The summed E-state index contributed by atoms with van der Waals surface area (Å²) in [6.45, 7) is 12.0. The van der Waals surface area contributed by atoms with Crippen LogP contribution in [0.15, 0.2) is 23.8 Å². The highest BCUT2D eigenvalue weighted by Crippen LogP contribution is 2.52. The summed E-state index contributed by atoms with van der Waals surface area (Å²) in [7, 11) is 19.5. The Hall–Kier alpha value is -2.83. The molecular formula is C27H32B3N5O3. The topological polar surface area (TPSA) is 124 Å². The van der Waals surface area contributed by atoms with Gasteiger partial charge in [-0.2, -0.15) is 5.26 Å². The second-order valence-corrected chi connectivity index (χ2v) is 12.5. The first-order chi connectivity index (χ1) is 17.4. The van der Waals surface area contributed by atoms with E-state index in [9.17, 15) is 9.90 Å². The molecule has 3 N–H and O–H groups in total. The summed E-state index contributed by atoms with van der Waals surface area (Å²) in [5, 5.41) is 23.3. The molecule has 2 atom stereocenters. The number of aromatic nitrogens is 3. The first-order valence-corrected chi connectivity index (χ1v) is 12.7. The lowest BCUT2D eigenvalue weighted by Gasteiger charge is -2.48. The molecule has 11 heteroatoms. The SMILES string of the molecule is [B]C1=C(c2nc(C3CC(C)(C)OC(C)(C)C3)ccc2NC(=O)c2ncc(C#N)[nH]2)C([B])(O)CC(C)(C)C1[B]. The Morgan fingerprint density at radius 1 is 1.21 bits per heavy atom. The fraction of sp³-hybridized carbons (Fsp3) is 0.556. The lowest BCUT2D eigenvalue weighted by atomic mass is 9.46. The number of nitriles is 1. The van der Waals surface area contributed by atoms with Crippen LogP contribution in [-0.4, -0.2) is 66.2 Å². The first-order valence-electron chi connectivity index (χ1n) is 12.7. The van der Waals surface area contributed by atoms with Crippen molar-refractivity contribution in [2.24, 2.45) is 5.41 Å². The van der Waals surface area contributed by atoms with Gasteiger partial charge in [0, 0.05) is 17.1 Å². The normalized spacial score (nSPS) is 26.5. The number of aromatic amines is 1. The number of carbonyl (C=O) groups is 1. The Morgan fingerprint density at radius 3 is 2.42 bits per heavy atom. The van der Waals surface area contributed by atoms with Crippen LogP contribution in [0, 0.1) is 16.7 Å². The maximum atomic E-state index is 13.0. The molecule has 1 aliphatic carbocycles. The molecule has 38 heavy (non-hydrogen) atoms. The van der Waals surface area contributed by atoms with Crippen LogP contribution >= 0.6 is 0 Å². The smallest absolute Gasteiger partial charge is 0.291 e. The van der Waals surface area contributed by atoms with Crippen molar-refractivity contribution < 1.29 is 14.6 Å². The van der Waals surface area contributed by atoms with E-state index in [4.69, 9.17) is 38.5 Å². The van der Waals surface area contributed by atoms with Crippen LogP contribution in [0.25, 0.3) is 5.57 Å². The minimum Gasteiger partial charge on any atom is -0.395 e. The monoisotopic (exact) mass is 507 g/mol. The Labute approximate surface area is 228 Å². The van der Waals surface area contributed by atoms with Gasteiger partial charge in [0.25, 0.3) is 5.91 Å². The van der Waals surface area contributed by atoms with E-state index in [2.05, 4.69) is 43.0 Å². The second-order valence-electron chi connectivity index (χ2n) is 12.5. The van der Waals surface area contributed by atoms with Crippen molar-refractivity contribution in [3.63, 3.8) is 0 Å². The number of aliphatic hydroxyl groups is 1. The molecule has 2 aliphatic rings. The molecule has 4 rings (SSSR count). The highest BCUT2D eigenvalue weighted by molar-refractivity contribution is 6.36. The number of ether oxygens (including phenoxy) is 1. The third-order valence-corrected chi connectivity index (χ3v) is 7.38.